The lowest BCUT2D eigenvalue weighted by molar-refractivity contribution is -0.903. The fourth-order valence-corrected chi connectivity index (χ4v) is 4.56. The number of nitrogens with one attached hydrogen (secondary N) is 1. The van der Waals surface area contributed by atoms with Crippen LogP contribution in [0, 0.1) is 0 Å². The van der Waals surface area contributed by atoms with E-state index < -0.39 is 0 Å². The summed E-state index contributed by atoms with van der Waals surface area (Å²) in [4.78, 5) is 29.2. The average Bonchev–Trinajstić information content (AvgIpc) is 2.90. The lowest BCUT2D eigenvalue weighted by atomic mass is 10.00. The molecule has 1 amide bonds. The SMILES string of the molecule is COc1cc(C(=O)N2CC[NH+](CCC(=O)c3cccc4ccccc34)CC2)cc(OC)c1OC.[Cl-]. The summed E-state index contributed by atoms with van der Waals surface area (Å²) in [6.07, 6.45) is 0.490. The van der Waals surface area contributed by atoms with Crippen LogP contribution in [-0.4, -0.2) is 70.6 Å². The van der Waals surface area contributed by atoms with Crippen molar-refractivity contribution in [2.75, 3.05) is 54.1 Å². The number of amides is 1. The second kappa shape index (κ2) is 11.9. The minimum Gasteiger partial charge on any atom is -1.00 e. The number of ether oxygens (including phenoxy) is 3. The molecule has 0 spiro atoms. The van der Waals surface area contributed by atoms with E-state index in [9.17, 15) is 9.59 Å². The summed E-state index contributed by atoms with van der Waals surface area (Å²) in [5.74, 6) is 1.49. The number of ketones is 1. The van der Waals surface area contributed by atoms with E-state index in [1.165, 1.54) is 26.2 Å². The van der Waals surface area contributed by atoms with Gasteiger partial charge < -0.3 is 36.4 Å². The first-order chi connectivity index (χ1) is 16.5. The minimum absolute atomic E-state index is 0. The van der Waals surface area contributed by atoms with E-state index in [4.69, 9.17) is 14.2 Å². The molecule has 1 aliphatic heterocycles. The molecule has 0 saturated carbocycles. The van der Waals surface area contributed by atoms with Gasteiger partial charge in [0.1, 0.15) is 0 Å². The van der Waals surface area contributed by atoms with Gasteiger partial charge in [-0.3, -0.25) is 9.59 Å². The zero-order valence-corrected chi connectivity index (χ0v) is 21.1. The Balaban J connectivity index is 0.00000342. The van der Waals surface area contributed by atoms with E-state index in [1.807, 2.05) is 47.4 Å². The molecule has 1 saturated heterocycles. The predicted octanol–water partition coefficient (Wildman–Crippen LogP) is -0.517. The van der Waals surface area contributed by atoms with E-state index in [-0.39, 0.29) is 24.1 Å². The number of fused-ring (bicyclic) bond motifs is 1. The van der Waals surface area contributed by atoms with Crippen molar-refractivity contribution in [2.45, 2.75) is 6.42 Å². The number of rotatable bonds is 8. The molecule has 186 valence electrons. The number of hydrogen-bond acceptors (Lipinski definition) is 5. The fourth-order valence-electron chi connectivity index (χ4n) is 4.56. The number of quaternary nitrogens is 1. The van der Waals surface area contributed by atoms with E-state index in [0.29, 0.717) is 42.3 Å². The van der Waals surface area contributed by atoms with Crippen molar-refractivity contribution in [3.8, 4) is 17.2 Å². The van der Waals surface area contributed by atoms with Crippen LogP contribution in [0.3, 0.4) is 0 Å². The van der Waals surface area contributed by atoms with Crippen LogP contribution in [0.1, 0.15) is 27.1 Å². The van der Waals surface area contributed by atoms with Gasteiger partial charge in [0.25, 0.3) is 5.91 Å². The maximum Gasteiger partial charge on any atom is 0.254 e. The number of carbonyl (C=O) groups excluding carboxylic acids is 2. The highest BCUT2D eigenvalue weighted by atomic mass is 35.5. The van der Waals surface area contributed by atoms with Crippen LogP contribution in [0.5, 0.6) is 17.2 Å². The van der Waals surface area contributed by atoms with Crippen LogP contribution < -0.4 is 31.5 Å². The molecule has 1 fully saturated rings. The van der Waals surface area contributed by atoms with Crippen LogP contribution in [-0.2, 0) is 0 Å². The molecule has 8 heteroatoms. The van der Waals surface area contributed by atoms with E-state index in [1.54, 1.807) is 12.1 Å². The van der Waals surface area contributed by atoms with Crippen LogP contribution in [0.2, 0.25) is 0 Å². The molecular formula is C27H31ClN2O5. The molecule has 0 unspecified atom stereocenters. The van der Waals surface area contributed by atoms with Crippen molar-refractivity contribution in [1.29, 1.82) is 0 Å². The van der Waals surface area contributed by atoms with Crippen molar-refractivity contribution in [2.24, 2.45) is 0 Å². The summed E-state index contributed by atoms with van der Waals surface area (Å²) in [6.45, 7) is 3.63. The van der Waals surface area contributed by atoms with Crippen molar-refractivity contribution in [3.05, 3.63) is 65.7 Å². The summed E-state index contributed by atoms with van der Waals surface area (Å²) in [5.41, 5.74) is 1.29. The zero-order chi connectivity index (χ0) is 24.1. The molecule has 1 heterocycles. The lowest BCUT2D eigenvalue weighted by Crippen LogP contribution is -3.14. The maximum absolute atomic E-state index is 13.1. The highest BCUT2D eigenvalue weighted by molar-refractivity contribution is 6.08. The van der Waals surface area contributed by atoms with Gasteiger partial charge in [-0.05, 0) is 22.9 Å². The Labute approximate surface area is 212 Å². The first kappa shape index (κ1) is 26.3. The van der Waals surface area contributed by atoms with Gasteiger partial charge in [0.15, 0.2) is 17.3 Å². The lowest BCUT2D eigenvalue weighted by Gasteiger charge is -2.32. The number of Topliss-reactive ketones (excluding diaryl/α,β-unsaturated/α-hetero) is 1. The molecule has 0 aromatic heterocycles. The summed E-state index contributed by atoms with van der Waals surface area (Å²) in [6, 6.07) is 17.2. The van der Waals surface area contributed by atoms with Gasteiger partial charge in [0.05, 0.1) is 60.5 Å². The first-order valence-electron chi connectivity index (χ1n) is 11.5. The Morgan fingerprint density at radius 2 is 1.51 bits per heavy atom. The molecule has 1 aliphatic rings. The highest BCUT2D eigenvalue weighted by Crippen LogP contribution is 2.38. The Bertz CT molecular complexity index is 1160. The molecule has 7 nitrogen and oxygen atoms in total. The van der Waals surface area contributed by atoms with Gasteiger partial charge in [-0.2, -0.15) is 0 Å². The van der Waals surface area contributed by atoms with Gasteiger partial charge in [0.2, 0.25) is 5.75 Å². The van der Waals surface area contributed by atoms with E-state index in [0.717, 1.165) is 36.0 Å². The second-order valence-electron chi connectivity index (χ2n) is 8.41. The Kier molecular flexibility index (Phi) is 8.95. The molecule has 0 aliphatic carbocycles. The number of carbonyl (C=O) groups is 2. The number of hydrogen-bond donors (Lipinski definition) is 1. The smallest absolute Gasteiger partial charge is 0.254 e. The maximum atomic E-state index is 13.1. The van der Waals surface area contributed by atoms with Crippen LogP contribution >= 0.6 is 0 Å². The molecule has 3 aromatic rings. The number of piperazine rings is 1. The van der Waals surface area contributed by atoms with Crippen LogP contribution in [0.15, 0.2) is 54.6 Å². The van der Waals surface area contributed by atoms with Crippen molar-refractivity contribution in [1.82, 2.24) is 4.90 Å². The van der Waals surface area contributed by atoms with Gasteiger partial charge in [0, 0.05) is 11.1 Å². The molecular weight excluding hydrogens is 468 g/mol. The molecule has 4 rings (SSSR count). The van der Waals surface area contributed by atoms with Gasteiger partial charge in [-0.25, -0.2) is 0 Å². The molecule has 3 aromatic carbocycles. The molecule has 0 atom stereocenters. The molecule has 0 radical (unpaired) electrons. The van der Waals surface area contributed by atoms with E-state index in [2.05, 4.69) is 0 Å². The van der Waals surface area contributed by atoms with Crippen molar-refractivity contribution < 1.29 is 41.1 Å². The summed E-state index contributed by atoms with van der Waals surface area (Å²) in [5, 5.41) is 2.09. The average molecular weight is 499 g/mol. The van der Waals surface area contributed by atoms with Crippen molar-refractivity contribution >= 4 is 22.5 Å². The molecule has 0 bridgehead atoms. The largest absolute Gasteiger partial charge is 1.00 e. The van der Waals surface area contributed by atoms with Gasteiger partial charge in [-0.1, -0.05) is 42.5 Å². The summed E-state index contributed by atoms with van der Waals surface area (Å²) in [7, 11) is 4.61. The number of methoxy groups -OCH3 is 3. The predicted molar refractivity (Wildman–Crippen MR) is 130 cm³/mol. The third kappa shape index (κ3) is 5.69. The highest BCUT2D eigenvalue weighted by Gasteiger charge is 2.27. The van der Waals surface area contributed by atoms with Gasteiger partial charge in [-0.15, -0.1) is 0 Å². The normalized spacial score (nSPS) is 13.7. The molecule has 1 N–H and O–H groups in total. The summed E-state index contributed by atoms with van der Waals surface area (Å²) < 4.78 is 16.1. The molecule has 35 heavy (non-hydrogen) atoms. The standard InChI is InChI=1S/C27H30N2O5.ClH/c1-32-24-17-20(18-25(33-2)26(24)34-3)27(31)29-15-13-28(14-16-29)12-11-23(30)22-10-6-8-19-7-4-5-9-21(19)22;/h4-10,17-18H,11-16H2,1-3H3;1H. The van der Waals surface area contributed by atoms with Crippen molar-refractivity contribution in [3.63, 3.8) is 0 Å². The van der Waals surface area contributed by atoms with Crippen LogP contribution in [0.25, 0.3) is 10.8 Å². The zero-order valence-electron chi connectivity index (χ0n) is 20.3. The fraction of sp³-hybridized carbons (Fsp3) is 0.333. The van der Waals surface area contributed by atoms with E-state index >= 15 is 0 Å². The minimum atomic E-state index is -0.0647. The quantitative estimate of drug-likeness (QED) is 0.423. The third-order valence-electron chi connectivity index (χ3n) is 6.47. The Morgan fingerprint density at radius 3 is 2.14 bits per heavy atom. The monoisotopic (exact) mass is 498 g/mol. The third-order valence-corrected chi connectivity index (χ3v) is 6.47. The van der Waals surface area contributed by atoms with Crippen LogP contribution in [0.4, 0.5) is 0 Å². The topological polar surface area (TPSA) is 69.5 Å². The Morgan fingerprint density at radius 1 is 0.886 bits per heavy atom. The van der Waals surface area contributed by atoms with Gasteiger partial charge >= 0.3 is 0 Å². The summed E-state index contributed by atoms with van der Waals surface area (Å²) >= 11 is 0. The number of halogens is 1. The first-order valence-corrected chi connectivity index (χ1v) is 11.5. The number of benzene rings is 3. The second-order valence-corrected chi connectivity index (χ2v) is 8.41. The number of nitrogens with zero attached hydrogens (tertiary/aromatic N) is 1. The Hall–Kier alpha value is -3.29.